The topological polar surface area (TPSA) is 26.3 Å². The van der Waals surface area contributed by atoms with Crippen LogP contribution < -0.4 is 0 Å². The Morgan fingerprint density at radius 3 is 2.25 bits per heavy atom. The summed E-state index contributed by atoms with van der Waals surface area (Å²) in [5.74, 6) is -0.221. The number of carbonyl (C=O) groups is 1. The van der Waals surface area contributed by atoms with Crippen LogP contribution in [0.4, 0.5) is 0 Å². The first-order valence-electron chi connectivity index (χ1n) is 5.72. The first-order valence-corrected chi connectivity index (χ1v) is 5.72. The van der Waals surface area contributed by atoms with E-state index in [2.05, 4.69) is 26.5 Å². The predicted octanol–water partition coefficient (Wildman–Crippen LogP) is 4.02. The normalized spacial score (nSPS) is 13.8. The molecule has 0 aromatic carbocycles. The Bertz CT molecular complexity index is 267. The highest BCUT2D eigenvalue weighted by atomic mass is 16.6. The second-order valence-electron chi connectivity index (χ2n) is 5.00. The van der Waals surface area contributed by atoms with Crippen molar-refractivity contribution in [2.75, 3.05) is 0 Å². The standard InChI is InChI=1S/C14H24O2/c1-11(2)8-7-9-14(6,10-12(3)4)16-13(5)15/h8H,3,7,9-10H2,1-2,4-6H3/t14-/m0/s1. The highest BCUT2D eigenvalue weighted by Crippen LogP contribution is 2.26. The van der Waals surface area contributed by atoms with Gasteiger partial charge < -0.3 is 4.74 Å². The van der Waals surface area contributed by atoms with E-state index in [1.807, 2.05) is 13.8 Å². The molecule has 2 nitrogen and oxygen atoms in total. The van der Waals surface area contributed by atoms with Crippen molar-refractivity contribution in [2.24, 2.45) is 0 Å². The van der Waals surface area contributed by atoms with Crippen molar-refractivity contribution < 1.29 is 9.53 Å². The van der Waals surface area contributed by atoms with Crippen LogP contribution in [0.5, 0.6) is 0 Å². The van der Waals surface area contributed by atoms with Gasteiger partial charge in [0.05, 0.1) is 0 Å². The largest absolute Gasteiger partial charge is 0.459 e. The molecule has 0 aromatic heterocycles. The molecular formula is C14H24O2. The van der Waals surface area contributed by atoms with Gasteiger partial charge in [-0.15, -0.1) is 0 Å². The highest BCUT2D eigenvalue weighted by molar-refractivity contribution is 5.66. The van der Waals surface area contributed by atoms with Crippen LogP contribution in [0.25, 0.3) is 0 Å². The summed E-state index contributed by atoms with van der Waals surface area (Å²) in [6.07, 6.45) is 4.66. The van der Waals surface area contributed by atoms with E-state index in [-0.39, 0.29) is 5.97 Å². The Kier molecular flexibility index (Phi) is 6.09. The molecule has 0 aliphatic rings. The van der Waals surface area contributed by atoms with Crippen LogP contribution in [0.3, 0.4) is 0 Å². The van der Waals surface area contributed by atoms with Gasteiger partial charge >= 0.3 is 5.97 Å². The first-order chi connectivity index (χ1) is 7.25. The molecule has 0 amide bonds. The molecule has 0 bridgehead atoms. The third kappa shape index (κ3) is 7.27. The molecule has 0 saturated heterocycles. The van der Waals surface area contributed by atoms with Crippen molar-refractivity contribution in [3.05, 3.63) is 23.8 Å². The maximum Gasteiger partial charge on any atom is 0.303 e. The monoisotopic (exact) mass is 224 g/mol. The van der Waals surface area contributed by atoms with Gasteiger partial charge in [0.25, 0.3) is 0 Å². The number of ether oxygens (including phenoxy) is 1. The second-order valence-corrected chi connectivity index (χ2v) is 5.00. The van der Waals surface area contributed by atoms with E-state index in [0.717, 1.165) is 24.8 Å². The smallest absolute Gasteiger partial charge is 0.303 e. The summed E-state index contributed by atoms with van der Waals surface area (Å²) >= 11 is 0. The van der Waals surface area contributed by atoms with Gasteiger partial charge in [-0.3, -0.25) is 4.79 Å². The molecule has 2 heteroatoms. The molecule has 0 aromatic rings. The molecule has 0 aliphatic carbocycles. The lowest BCUT2D eigenvalue weighted by molar-refractivity contribution is -0.155. The molecule has 0 heterocycles. The molecule has 0 saturated carbocycles. The Morgan fingerprint density at radius 2 is 1.88 bits per heavy atom. The molecule has 16 heavy (non-hydrogen) atoms. The number of allylic oxidation sites excluding steroid dienone is 2. The Hall–Kier alpha value is -1.05. The zero-order chi connectivity index (χ0) is 12.8. The van der Waals surface area contributed by atoms with Crippen LogP contribution in [0.15, 0.2) is 23.8 Å². The number of esters is 1. The van der Waals surface area contributed by atoms with Gasteiger partial charge in [0.15, 0.2) is 0 Å². The van der Waals surface area contributed by atoms with Gasteiger partial charge in [0, 0.05) is 13.3 Å². The summed E-state index contributed by atoms with van der Waals surface area (Å²) < 4.78 is 5.40. The van der Waals surface area contributed by atoms with E-state index in [4.69, 9.17) is 4.74 Å². The van der Waals surface area contributed by atoms with Crippen LogP contribution in [0.2, 0.25) is 0 Å². The maximum absolute atomic E-state index is 11.1. The van der Waals surface area contributed by atoms with Gasteiger partial charge in [0.2, 0.25) is 0 Å². The summed E-state index contributed by atoms with van der Waals surface area (Å²) in [6, 6.07) is 0. The van der Waals surface area contributed by atoms with Gasteiger partial charge in [-0.25, -0.2) is 0 Å². The van der Waals surface area contributed by atoms with Crippen molar-refractivity contribution in [3.8, 4) is 0 Å². The summed E-state index contributed by atoms with van der Waals surface area (Å²) in [5.41, 5.74) is 1.92. The number of rotatable bonds is 6. The SMILES string of the molecule is C=C(C)C[C@](C)(CCC=C(C)C)OC(C)=O. The molecule has 92 valence electrons. The Balaban J connectivity index is 4.46. The molecule has 1 atom stereocenters. The molecule has 0 spiro atoms. The lowest BCUT2D eigenvalue weighted by Crippen LogP contribution is -2.31. The van der Waals surface area contributed by atoms with Crippen molar-refractivity contribution >= 4 is 5.97 Å². The zero-order valence-corrected chi connectivity index (χ0v) is 11.2. The lowest BCUT2D eigenvalue weighted by Gasteiger charge is -2.29. The highest BCUT2D eigenvalue weighted by Gasteiger charge is 2.26. The maximum atomic E-state index is 11.1. The minimum Gasteiger partial charge on any atom is -0.459 e. The van der Waals surface area contributed by atoms with Crippen LogP contribution >= 0.6 is 0 Å². The van der Waals surface area contributed by atoms with E-state index in [0.29, 0.717) is 0 Å². The van der Waals surface area contributed by atoms with Crippen molar-refractivity contribution in [1.82, 2.24) is 0 Å². The summed E-state index contributed by atoms with van der Waals surface area (Å²) in [5, 5.41) is 0. The number of hydrogen-bond donors (Lipinski definition) is 0. The third-order valence-corrected chi connectivity index (χ3v) is 2.29. The lowest BCUT2D eigenvalue weighted by atomic mass is 9.92. The van der Waals surface area contributed by atoms with Crippen molar-refractivity contribution in [1.29, 1.82) is 0 Å². The molecular weight excluding hydrogens is 200 g/mol. The summed E-state index contributed by atoms with van der Waals surface area (Å²) in [7, 11) is 0. The van der Waals surface area contributed by atoms with E-state index in [1.54, 1.807) is 0 Å². The number of hydrogen-bond acceptors (Lipinski definition) is 2. The van der Waals surface area contributed by atoms with E-state index in [1.165, 1.54) is 12.5 Å². The fourth-order valence-electron chi connectivity index (χ4n) is 1.83. The summed E-state index contributed by atoms with van der Waals surface area (Å²) in [4.78, 5) is 11.1. The van der Waals surface area contributed by atoms with Crippen LogP contribution in [-0.4, -0.2) is 11.6 Å². The third-order valence-electron chi connectivity index (χ3n) is 2.29. The fraction of sp³-hybridized carbons (Fsp3) is 0.643. The number of carbonyl (C=O) groups excluding carboxylic acids is 1. The van der Waals surface area contributed by atoms with Crippen molar-refractivity contribution in [2.45, 2.75) is 59.5 Å². The molecule has 0 radical (unpaired) electrons. The molecule has 0 unspecified atom stereocenters. The quantitative estimate of drug-likeness (QED) is 0.503. The van der Waals surface area contributed by atoms with E-state index < -0.39 is 5.60 Å². The minimum atomic E-state index is -0.413. The average molecular weight is 224 g/mol. The first kappa shape index (κ1) is 14.9. The van der Waals surface area contributed by atoms with Crippen molar-refractivity contribution in [3.63, 3.8) is 0 Å². The van der Waals surface area contributed by atoms with Crippen LogP contribution in [-0.2, 0) is 9.53 Å². The minimum absolute atomic E-state index is 0.221. The predicted molar refractivity (Wildman–Crippen MR) is 68.3 cm³/mol. The fourth-order valence-corrected chi connectivity index (χ4v) is 1.83. The average Bonchev–Trinajstić information content (AvgIpc) is 1.98. The zero-order valence-electron chi connectivity index (χ0n) is 11.2. The van der Waals surface area contributed by atoms with E-state index >= 15 is 0 Å². The van der Waals surface area contributed by atoms with E-state index in [9.17, 15) is 4.79 Å². The Labute approximate surface area is 99.4 Å². The molecule has 0 rings (SSSR count). The second kappa shape index (κ2) is 6.51. The molecule has 0 fully saturated rings. The van der Waals surface area contributed by atoms with Gasteiger partial charge in [-0.05, 0) is 40.5 Å². The van der Waals surface area contributed by atoms with Crippen LogP contribution in [0, 0.1) is 0 Å². The molecule has 0 aliphatic heterocycles. The van der Waals surface area contributed by atoms with Gasteiger partial charge in [0.1, 0.15) is 5.60 Å². The van der Waals surface area contributed by atoms with Gasteiger partial charge in [-0.1, -0.05) is 23.8 Å². The van der Waals surface area contributed by atoms with Gasteiger partial charge in [-0.2, -0.15) is 0 Å². The summed E-state index contributed by atoms with van der Waals surface area (Å²) in [6.45, 7) is 13.4. The van der Waals surface area contributed by atoms with Crippen LogP contribution in [0.1, 0.15) is 53.9 Å². The Morgan fingerprint density at radius 1 is 1.31 bits per heavy atom. The molecule has 0 N–H and O–H groups in total.